The zero-order valence-electron chi connectivity index (χ0n) is 34.7. The quantitative estimate of drug-likeness (QED) is 0.188. The van der Waals surface area contributed by atoms with Crippen molar-refractivity contribution >= 4 is 43.5 Å². The van der Waals surface area contributed by atoms with E-state index in [1.807, 2.05) is 60.7 Å². The number of hydrogen-bond acceptors (Lipinski definition) is 1. The van der Waals surface area contributed by atoms with Gasteiger partial charge in [0.05, 0.1) is 15.1 Å². The Morgan fingerprint density at radius 3 is 1.73 bits per heavy atom. The first kappa shape index (κ1) is 16.8. The van der Waals surface area contributed by atoms with Gasteiger partial charge in [-0.3, -0.25) is 0 Å². The van der Waals surface area contributed by atoms with Crippen LogP contribution in [-0.2, 0) is 0 Å². The molecule has 0 unspecified atom stereocenters. The normalized spacial score (nSPS) is 15.0. The van der Waals surface area contributed by atoms with Crippen molar-refractivity contribution in [2.75, 3.05) is 0 Å². The minimum atomic E-state index is -0.654. The number of furan rings is 1. The van der Waals surface area contributed by atoms with Crippen molar-refractivity contribution in [1.82, 2.24) is 0 Å². The number of hydrogen-bond donors (Lipinski definition) is 0. The lowest BCUT2D eigenvalue weighted by Crippen LogP contribution is -1.91. The van der Waals surface area contributed by atoms with Crippen LogP contribution in [0.15, 0.2) is 174 Å². The molecule has 0 aliphatic carbocycles. The van der Waals surface area contributed by atoms with Gasteiger partial charge in [0, 0.05) is 10.8 Å². The fourth-order valence-electron chi connectivity index (χ4n) is 6.36. The molecule has 0 N–H and O–H groups in total. The van der Waals surface area contributed by atoms with E-state index in [1.165, 1.54) is 0 Å². The van der Waals surface area contributed by atoms with Crippen LogP contribution in [0.2, 0.25) is 0 Å². The van der Waals surface area contributed by atoms with Crippen LogP contribution in [0.3, 0.4) is 0 Å². The van der Waals surface area contributed by atoms with Crippen LogP contribution in [0.5, 0.6) is 0 Å². The Kier molecular flexibility index (Phi) is 3.87. The van der Waals surface area contributed by atoms with E-state index >= 15 is 0 Å². The SMILES string of the molecule is [2H]c1c([2H])c([2H])c(-c2c([2H])c([2H])c3oc4c([2H])c([2H])c([2H])c(-c5cccc(-c6c7ccccc7c(-c7ccccc7)c7ccccc67)c5)c4c3c2[2H])c([2H])c1[2H]. The Bertz CT molecular complexity index is 3070. The Balaban J connectivity index is 1.38. The van der Waals surface area contributed by atoms with Gasteiger partial charge in [0.1, 0.15) is 11.2 Å². The van der Waals surface area contributed by atoms with E-state index < -0.39 is 66.0 Å². The van der Waals surface area contributed by atoms with Gasteiger partial charge in [-0.05, 0) is 90.2 Å². The first-order valence-electron chi connectivity index (χ1n) is 20.0. The number of benzene rings is 8. The molecular formula is C44H28O. The highest BCUT2D eigenvalue weighted by molar-refractivity contribution is 6.21. The van der Waals surface area contributed by atoms with Crippen molar-refractivity contribution in [3.63, 3.8) is 0 Å². The highest BCUT2D eigenvalue weighted by Gasteiger charge is 2.18. The van der Waals surface area contributed by atoms with E-state index in [0.29, 0.717) is 5.56 Å². The second-order valence-corrected chi connectivity index (χ2v) is 10.8. The van der Waals surface area contributed by atoms with Gasteiger partial charge in [0.2, 0.25) is 0 Å². The molecule has 0 saturated heterocycles. The van der Waals surface area contributed by atoms with Gasteiger partial charge in [0.25, 0.3) is 0 Å². The van der Waals surface area contributed by atoms with Gasteiger partial charge in [-0.25, -0.2) is 0 Å². The largest absolute Gasteiger partial charge is 0.456 e. The Morgan fingerprint density at radius 1 is 0.400 bits per heavy atom. The maximum atomic E-state index is 9.43. The summed E-state index contributed by atoms with van der Waals surface area (Å²) in [6.45, 7) is 0. The molecule has 0 amide bonds. The monoisotopic (exact) mass is 583 g/mol. The first-order valence-corrected chi connectivity index (χ1v) is 14.5. The maximum absolute atomic E-state index is 9.43. The van der Waals surface area contributed by atoms with Gasteiger partial charge in [-0.1, -0.05) is 145 Å². The molecule has 1 heteroatoms. The number of rotatable bonds is 4. The van der Waals surface area contributed by atoms with Crippen LogP contribution in [0.4, 0.5) is 0 Å². The molecule has 1 heterocycles. The molecule has 0 aliphatic rings. The molecular weight excluding hydrogens is 544 g/mol. The molecule has 1 nitrogen and oxygen atoms in total. The Labute approximate surface area is 277 Å². The summed E-state index contributed by atoms with van der Waals surface area (Å²) >= 11 is 0. The molecule has 0 aliphatic heterocycles. The molecule has 0 fully saturated rings. The fraction of sp³-hybridized carbons (Fsp3) is 0. The average Bonchev–Trinajstić information content (AvgIpc) is 3.62. The molecule has 45 heavy (non-hydrogen) atoms. The van der Waals surface area contributed by atoms with Gasteiger partial charge < -0.3 is 4.42 Å². The molecule has 1 aromatic heterocycles. The topological polar surface area (TPSA) is 13.1 Å². The van der Waals surface area contributed by atoms with E-state index in [-0.39, 0.29) is 39.1 Å². The van der Waals surface area contributed by atoms with Gasteiger partial charge in [-0.2, -0.15) is 0 Å². The zero-order valence-corrected chi connectivity index (χ0v) is 23.7. The van der Waals surface area contributed by atoms with E-state index in [4.69, 9.17) is 16.8 Å². The summed E-state index contributed by atoms with van der Waals surface area (Å²) in [5.74, 6) is 0. The summed E-state index contributed by atoms with van der Waals surface area (Å²) in [6.07, 6.45) is 0. The van der Waals surface area contributed by atoms with Crippen molar-refractivity contribution in [3.05, 3.63) is 170 Å². The third-order valence-corrected chi connectivity index (χ3v) is 8.26. The van der Waals surface area contributed by atoms with Crippen molar-refractivity contribution in [2.45, 2.75) is 0 Å². The highest BCUT2D eigenvalue weighted by atomic mass is 16.3. The summed E-state index contributed by atoms with van der Waals surface area (Å²) in [5.41, 5.74) is 3.37. The third kappa shape index (κ3) is 4.17. The predicted molar refractivity (Wildman–Crippen MR) is 190 cm³/mol. The summed E-state index contributed by atoms with van der Waals surface area (Å²) in [6, 6.07) is 28.0. The van der Waals surface area contributed by atoms with E-state index in [2.05, 4.69) is 36.4 Å². The lowest BCUT2D eigenvalue weighted by molar-refractivity contribution is 0.669. The summed E-state index contributed by atoms with van der Waals surface area (Å²) in [7, 11) is 0. The Morgan fingerprint density at radius 2 is 1.02 bits per heavy atom. The second kappa shape index (κ2) is 10.4. The maximum Gasteiger partial charge on any atom is 0.136 e. The summed E-state index contributed by atoms with van der Waals surface area (Å²) in [4.78, 5) is 0. The molecule has 0 bridgehead atoms. The summed E-state index contributed by atoms with van der Waals surface area (Å²) < 4.78 is 102. The van der Waals surface area contributed by atoms with Crippen molar-refractivity contribution in [1.29, 1.82) is 0 Å². The molecule has 9 rings (SSSR count). The predicted octanol–water partition coefficient (Wildman–Crippen LogP) is 12.6. The van der Waals surface area contributed by atoms with Crippen LogP contribution < -0.4 is 0 Å². The minimum Gasteiger partial charge on any atom is -0.456 e. The smallest absolute Gasteiger partial charge is 0.136 e. The molecule has 8 aromatic carbocycles. The molecule has 9 aromatic rings. The van der Waals surface area contributed by atoms with Crippen molar-refractivity contribution in [2.24, 2.45) is 0 Å². The van der Waals surface area contributed by atoms with E-state index in [9.17, 15) is 2.74 Å². The highest BCUT2D eigenvalue weighted by Crippen LogP contribution is 2.45. The summed E-state index contributed by atoms with van der Waals surface area (Å²) in [5, 5.41) is 4.10. The number of fused-ring (bicyclic) bond motifs is 5. The van der Waals surface area contributed by atoms with Crippen molar-refractivity contribution < 1.29 is 19.5 Å². The van der Waals surface area contributed by atoms with Crippen LogP contribution in [0, 0.1) is 0 Å². The van der Waals surface area contributed by atoms with Gasteiger partial charge >= 0.3 is 0 Å². The lowest BCUT2D eigenvalue weighted by atomic mass is 9.85. The zero-order chi connectivity index (χ0) is 39.3. The standard InChI is InChI=1S/C44H28O/c1-3-13-29(14-4-1)31-25-26-40-39(28-31)44-34(23-12-24-41(44)45-40)32-17-11-18-33(27-32)43-37-21-9-7-19-35(37)42(30-15-5-2-6-16-30)36-20-8-10-22-38(36)43/h1-28H/i1D,3D,4D,12D,13D,14D,23D,24D,25D,26D,28D. The van der Waals surface area contributed by atoms with E-state index in [0.717, 1.165) is 43.8 Å². The molecule has 0 saturated carbocycles. The molecule has 0 atom stereocenters. The van der Waals surface area contributed by atoms with Gasteiger partial charge in [-0.15, -0.1) is 0 Å². The van der Waals surface area contributed by atoms with Gasteiger partial charge in [0.15, 0.2) is 0 Å². The van der Waals surface area contributed by atoms with Crippen molar-refractivity contribution in [3.8, 4) is 44.5 Å². The average molecular weight is 584 g/mol. The lowest BCUT2D eigenvalue weighted by Gasteiger charge is -2.18. The molecule has 0 radical (unpaired) electrons. The molecule has 0 spiro atoms. The first-order chi connectivity index (χ1) is 26.9. The van der Waals surface area contributed by atoms with E-state index in [1.54, 1.807) is 6.07 Å². The second-order valence-electron chi connectivity index (χ2n) is 10.8. The third-order valence-electron chi connectivity index (χ3n) is 8.26. The van der Waals surface area contributed by atoms with Crippen LogP contribution in [0.25, 0.3) is 88.0 Å². The van der Waals surface area contributed by atoms with Crippen LogP contribution in [-0.4, -0.2) is 0 Å². The minimum absolute atomic E-state index is 0.0617. The fourth-order valence-corrected chi connectivity index (χ4v) is 6.36. The molecule has 210 valence electrons. The van der Waals surface area contributed by atoms with Crippen LogP contribution in [0.1, 0.15) is 15.1 Å². The Hall–Kier alpha value is -5.92. The van der Waals surface area contributed by atoms with Crippen LogP contribution >= 0.6 is 0 Å².